The molecule has 0 N–H and O–H groups in total. The lowest BCUT2D eigenvalue weighted by Gasteiger charge is -2.27. The third-order valence-corrected chi connectivity index (χ3v) is 3.20. The molecule has 0 aromatic heterocycles. The maximum Gasteiger partial charge on any atom is 0.00781 e. The first-order chi connectivity index (χ1) is 8.62. The first-order valence-corrected chi connectivity index (χ1v) is 9.03. The van der Waals surface area contributed by atoms with Crippen LogP contribution in [-0.2, 0) is 0 Å². The maximum absolute atomic E-state index is 4.45. The van der Waals surface area contributed by atoms with E-state index in [9.17, 15) is 0 Å². The van der Waals surface area contributed by atoms with E-state index in [0.717, 1.165) is 12.2 Å². The van der Waals surface area contributed by atoms with Crippen LogP contribution in [0.5, 0.6) is 0 Å². The molecule has 0 bridgehead atoms. The van der Waals surface area contributed by atoms with Gasteiger partial charge in [0.05, 0.1) is 0 Å². The van der Waals surface area contributed by atoms with Crippen LogP contribution in [0.3, 0.4) is 0 Å². The highest BCUT2D eigenvalue weighted by Gasteiger charge is 2.20. The summed E-state index contributed by atoms with van der Waals surface area (Å²) in [6.07, 6.45) is 10.9. The van der Waals surface area contributed by atoms with E-state index in [1.54, 1.807) is 0 Å². The third kappa shape index (κ3) is 27.8. The van der Waals surface area contributed by atoms with Crippen LogP contribution in [0.4, 0.5) is 0 Å². The van der Waals surface area contributed by atoms with Crippen molar-refractivity contribution in [3.8, 4) is 0 Å². The fourth-order valence-corrected chi connectivity index (χ4v) is 3.06. The molecule has 0 fully saturated rings. The highest BCUT2D eigenvalue weighted by molar-refractivity contribution is 7.81. The van der Waals surface area contributed by atoms with Gasteiger partial charge in [-0.3, -0.25) is 0 Å². The molecule has 0 saturated carbocycles. The SMILES string of the molecule is CC(C)(C)CC(C)(C)S.CCCCCCCCCS. The first-order valence-electron chi connectivity index (χ1n) is 7.95. The second-order valence-corrected chi connectivity index (χ2v) is 9.05. The second-order valence-electron chi connectivity index (χ2n) is 7.39. The van der Waals surface area contributed by atoms with Gasteiger partial charge in [0.15, 0.2) is 0 Å². The molecule has 0 atom stereocenters. The predicted octanol–water partition coefficient (Wildman–Crippen LogP) is 6.80. The van der Waals surface area contributed by atoms with E-state index in [-0.39, 0.29) is 4.75 Å². The van der Waals surface area contributed by atoms with Crippen molar-refractivity contribution in [2.75, 3.05) is 5.75 Å². The summed E-state index contributed by atoms with van der Waals surface area (Å²) >= 11 is 8.61. The van der Waals surface area contributed by atoms with Crippen molar-refractivity contribution in [1.29, 1.82) is 0 Å². The van der Waals surface area contributed by atoms with E-state index in [2.05, 4.69) is 66.8 Å². The molecule has 0 heterocycles. The molecule has 0 aromatic carbocycles. The van der Waals surface area contributed by atoms with Gasteiger partial charge in [0, 0.05) is 4.75 Å². The van der Waals surface area contributed by atoms with E-state index < -0.39 is 0 Å². The van der Waals surface area contributed by atoms with E-state index >= 15 is 0 Å². The minimum absolute atomic E-state index is 0.179. The van der Waals surface area contributed by atoms with E-state index in [4.69, 9.17) is 0 Å². The summed E-state index contributed by atoms with van der Waals surface area (Å²) in [5.74, 6) is 1.06. The van der Waals surface area contributed by atoms with Crippen molar-refractivity contribution in [2.45, 2.75) is 97.7 Å². The van der Waals surface area contributed by atoms with Gasteiger partial charge in [0.1, 0.15) is 0 Å². The summed E-state index contributed by atoms with van der Waals surface area (Å²) in [6, 6.07) is 0. The average molecular weight is 307 g/mol. The van der Waals surface area contributed by atoms with Gasteiger partial charge in [-0.05, 0) is 24.0 Å². The van der Waals surface area contributed by atoms with Crippen LogP contribution in [0.25, 0.3) is 0 Å². The van der Waals surface area contributed by atoms with Crippen LogP contribution in [0.2, 0.25) is 0 Å². The second kappa shape index (κ2) is 12.4. The van der Waals surface area contributed by atoms with Gasteiger partial charge < -0.3 is 0 Å². The normalized spacial score (nSPS) is 12.0. The fourth-order valence-electron chi connectivity index (χ4n) is 2.37. The lowest BCUT2D eigenvalue weighted by molar-refractivity contribution is 0.340. The summed E-state index contributed by atoms with van der Waals surface area (Å²) in [4.78, 5) is 0. The van der Waals surface area contributed by atoms with E-state index in [1.807, 2.05) is 0 Å². The van der Waals surface area contributed by atoms with Gasteiger partial charge in [-0.15, -0.1) is 0 Å². The molecule has 0 nitrogen and oxygen atoms in total. The third-order valence-electron chi connectivity index (χ3n) is 2.72. The lowest BCUT2D eigenvalue weighted by Crippen LogP contribution is -2.20. The van der Waals surface area contributed by atoms with Crippen LogP contribution in [-0.4, -0.2) is 10.5 Å². The van der Waals surface area contributed by atoms with Gasteiger partial charge in [-0.1, -0.05) is 80.1 Å². The smallest absolute Gasteiger partial charge is 0.00781 e. The molecular formula is C17H38S2. The van der Waals surface area contributed by atoms with Crippen LogP contribution in [0.1, 0.15) is 92.9 Å². The molecule has 19 heavy (non-hydrogen) atoms. The zero-order valence-electron chi connectivity index (χ0n) is 14.3. The standard InChI is InChI=1S/C9H20S.C8H18S/c1-2-3-4-5-6-7-8-9-10;1-7(2,3)6-8(4,5)9/h10H,2-9H2,1H3;9H,6H2,1-5H3. The van der Waals surface area contributed by atoms with Crippen LogP contribution < -0.4 is 0 Å². The van der Waals surface area contributed by atoms with Crippen molar-refractivity contribution in [1.82, 2.24) is 0 Å². The molecule has 0 aliphatic rings. The molecule has 0 saturated heterocycles. The van der Waals surface area contributed by atoms with Crippen molar-refractivity contribution in [2.24, 2.45) is 5.41 Å². The molecule has 0 spiro atoms. The van der Waals surface area contributed by atoms with Crippen LogP contribution in [0, 0.1) is 5.41 Å². The van der Waals surface area contributed by atoms with Crippen LogP contribution in [0.15, 0.2) is 0 Å². The summed E-state index contributed by atoms with van der Waals surface area (Å²) in [5.41, 5.74) is 0.408. The maximum atomic E-state index is 4.45. The quantitative estimate of drug-likeness (QED) is 0.357. The van der Waals surface area contributed by atoms with Crippen molar-refractivity contribution in [3.05, 3.63) is 0 Å². The Bertz CT molecular complexity index is 155. The average Bonchev–Trinajstić information content (AvgIpc) is 2.19. The van der Waals surface area contributed by atoms with E-state index in [1.165, 1.54) is 44.9 Å². The van der Waals surface area contributed by atoms with Crippen molar-refractivity contribution < 1.29 is 0 Å². The molecule has 2 heteroatoms. The summed E-state index contributed by atoms with van der Waals surface area (Å²) < 4.78 is 0.179. The molecule has 0 aromatic rings. The summed E-state index contributed by atoms with van der Waals surface area (Å²) in [6.45, 7) is 13.3. The molecule has 0 unspecified atom stereocenters. The Balaban J connectivity index is 0. The largest absolute Gasteiger partial charge is 0.179 e. The van der Waals surface area contributed by atoms with Gasteiger partial charge in [-0.25, -0.2) is 0 Å². The lowest BCUT2D eigenvalue weighted by atomic mass is 9.86. The summed E-state index contributed by atoms with van der Waals surface area (Å²) in [5, 5.41) is 0. The number of rotatable bonds is 8. The Kier molecular flexibility index (Phi) is 14.4. The van der Waals surface area contributed by atoms with E-state index in [0.29, 0.717) is 5.41 Å². The molecular weight excluding hydrogens is 268 g/mol. The minimum atomic E-state index is 0.179. The zero-order valence-corrected chi connectivity index (χ0v) is 16.0. The van der Waals surface area contributed by atoms with Gasteiger partial charge in [-0.2, -0.15) is 25.3 Å². The monoisotopic (exact) mass is 306 g/mol. The molecule has 118 valence electrons. The Morgan fingerprint density at radius 3 is 1.42 bits per heavy atom. The predicted molar refractivity (Wildman–Crippen MR) is 99.0 cm³/mol. The zero-order chi connectivity index (χ0) is 15.4. The van der Waals surface area contributed by atoms with Crippen molar-refractivity contribution in [3.63, 3.8) is 0 Å². The van der Waals surface area contributed by atoms with Crippen molar-refractivity contribution >= 4 is 25.3 Å². The molecule has 0 aliphatic carbocycles. The number of hydrogen-bond donors (Lipinski definition) is 2. The number of unbranched alkanes of at least 4 members (excludes halogenated alkanes) is 6. The highest BCUT2D eigenvalue weighted by Crippen LogP contribution is 2.30. The Morgan fingerprint density at radius 2 is 1.16 bits per heavy atom. The van der Waals surface area contributed by atoms with Crippen LogP contribution >= 0.6 is 25.3 Å². The topological polar surface area (TPSA) is 0 Å². The molecule has 0 amide bonds. The molecule has 0 aliphatic heterocycles. The fraction of sp³-hybridized carbons (Fsp3) is 1.00. The van der Waals surface area contributed by atoms with Gasteiger partial charge in [0.2, 0.25) is 0 Å². The highest BCUT2D eigenvalue weighted by atomic mass is 32.1. The minimum Gasteiger partial charge on any atom is -0.179 e. The molecule has 0 rings (SSSR count). The summed E-state index contributed by atoms with van der Waals surface area (Å²) in [7, 11) is 0. The Hall–Kier alpha value is 0.700. The number of hydrogen-bond acceptors (Lipinski definition) is 2. The first kappa shape index (κ1) is 22.0. The Labute approximate surface area is 134 Å². The van der Waals surface area contributed by atoms with Gasteiger partial charge >= 0.3 is 0 Å². The number of thiol groups is 2. The van der Waals surface area contributed by atoms with Gasteiger partial charge in [0.25, 0.3) is 0 Å². The molecule has 0 radical (unpaired) electrons. The Morgan fingerprint density at radius 1 is 0.737 bits per heavy atom.